The van der Waals surface area contributed by atoms with Crippen molar-refractivity contribution in [2.24, 2.45) is 0 Å². The van der Waals surface area contributed by atoms with Gasteiger partial charge >= 0.3 is 0 Å². The van der Waals surface area contributed by atoms with Gasteiger partial charge in [-0.05, 0) is 30.9 Å². The van der Waals surface area contributed by atoms with Crippen LogP contribution in [-0.4, -0.2) is 0 Å². The van der Waals surface area contributed by atoms with Gasteiger partial charge in [0.25, 0.3) is 0 Å². The van der Waals surface area contributed by atoms with Gasteiger partial charge in [0.1, 0.15) is 0 Å². The van der Waals surface area contributed by atoms with Gasteiger partial charge in [-0.25, -0.2) is 0 Å². The Kier molecular flexibility index (Phi) is 5.22. The summed E-state index contributed by atoms with van der Waals surface area (Å²) in [7, 11) is 0. The van der Waals surface area contributed by atoms with Gasteiger partial charge < -0.3 is 0 Å². The van der Waals surface area contributed by atoms with Crippen LogP contribution >= 0.6 is 0 Å². The second-order valence-electron chi connectivity index (χ2n) is 4.21. The third-order valence-corrected chi connectivity index (χ3v) is 2.61. The number of aryl methyl sites for hydroxylation is 1. The van der Waals surface area contributed by atoms with E-state index >= 15 is 0 Å². The highest BCUT2D eigenvalue weighted by atomic mass is 14.0. The first-order chi connectivity index (χ1) is 8.13. The molecule has 0 atom stereocenters. The van der Waals surface area contributed by atoms with E-state index in [4.69, 9.17) is 0 Å². The zero-order chi connectivity index (χ0) is 12.7. The molecule has 0 saturated heterocycles. The summed E-state index contributed by atoms with van der Waals surface area (Å²) in [6, 6.07) is 8.38. The molecule has 0 amide bonds. The minimum absolute atomic E-state index is 0.960. The molecule has 1 aromatic rings. The van der Waals surface area contributed by atoms with Gasteiger partial charge in [-0.3, -0.25) is 0 Å². The van der Waals surface area contributed by atoms with Crippen molar-refractivity contribution in [3.63, 3.8) is 0 Å². The first kappa shape index (κ1) is 13.2. The molecule has 0 radical (unpaired) electrons. The van der Waals surface area contributed by atoms with E-state index < -0.39 is 0 Å². The van der Waals surface area contributed by atoms with Crippen LogP contribution in [0.3, 0.4) is 0 Å². The molecule has 0 fully saturated rings. The van der Waals surface area contributed by atoms with Crippen molar-refractivity contribution < 1.29 is 0 Å². The molecule has 17 heavy (non-hydrogen) atoms. The van der Waals surface area contributed by atoms with Crippen molar-refractivity contribution in [1.82, 2.24) is 0 Å². The number of hydrogen-bond acceptors (Lipinski definition) is 0. The maximum atomic E-state index is 4.06. The van der Waals surface area contributed by atoms with Gasteiger partial charge in [0.05, 0.1) is 0 Å². The standard InChI is InChI=1S/C17H20/c1-5-6-7-14(2)8-11-16(4)17-12-9-15(3)10-13-17/h5,8-13H,1-2,4,6-7H2,3H3/b11-8-. The molecule has 0 aromatic heterocycles. The molecule has 0 nitrogen and oxygen atoms in total. The van der Waals surface area contributed by atoms with Crippen molar-refractivity contribution in [3.8, 4) is 0 Å². The zero-order valence-corrected chi connectivity index (χ0v) is 10.6. The molecular formula is C17H20. The SMILES string of the molecule is C=CCCC(=C)/C=C\C(=C)c1ccc(C)cc1. The van der Waals surface area contributed by atoms with Crippen molar-refractivity contribution in [2.75, 3.05) is 0 Å². The third-order valence-electron chi connectivity index (χ3n) is 2.61. The Labute approximate surface area is 105 Å². The molecule has 0 spiro atoms. The van der Waals surface area contributed by atoms with E-state index in [9.17, 15) is 0 Å². The van der Waals surface area contributed by atoms with Gasteiger partial charge in [-0.1, -0.05) is 66.8 Å². The van der Waals surface area contributed by atoms with E-state index in [0.29, 0.717) is 0 Å². The second kappa shape index (κ2) is 6.70. The summed E-state index contributed by atoms with van der Waals surface area (Å²) in [5.74, 6) is 0. The highest BCUT2D eigenvalue weighted by molar-refractivity contribution is 5.72. The molecule has 0 heterocycles. The van der Waals surface area contributed by atoms with Crippen LogP contribution in [0.2, 0.25) is 0 Å². The largest absolute Gasteiger partial charge is 0.103 e. The van der Waals surface area contributed by atoms with Gasteiger partial charge in [0, 0.05) is 0 Å². The van der Waals surface area contributed by atoms with Crippen molar-refractivity contribution >= 4 is 5.57 Å². The number of allylic oxidation sites excluding steroid dienone is 5. The van der Waals surface area contributed by atoms with Gasteiger partial charge in [0.2, 0.25) is 0 Å². The summed E-state index contributed by atoms with van der Waals surface area (Å²) >= 11 is 0. The van der Waals surface area contributed by atoms with E-state index in [1.807, 2.05) is 18.2 Å². The summed E-state index contributed by atoms with van der Waals surface area (Å²) in [4.78, 5) is 0. The van der Waals surface area contributed by atoms with Crippen LogP contribution in [-0.2, 0) is 0 Å². The first-order valence-electron chi connectivity index (χ1n) is 5.86. The lowest BCUT2D eigenvalue weighted by molar-refractivity contribution is 1.02. The Morgan fingerprint density at radius 3 is 2.35 bits per heavy atom. The zero-order valence-electron chi connectivity index (χ0n) is 10.6. The van der Waals surface area contributed by atoms with Gasteiger partial charge in [0.15, 0.2) is 0 Å². The van der Waals surface area contributed by atoms with Crippen molar-refractivity contribution in [2.45, 2.75) is 19.8 Å². The van der Waals surface area contributed by atoms with Crippen molar-refractivity contribution in [3.05, 3.63) is 78.9 Å². The normalized spacial score (nSPS) is 10.4. The summed E-state index contributed by atoms with van der Waals surface area (Å²) in [5, 5.41) is 0. The predicted octanol–water partition coefficient (Wildman–Crippen LogP) is 5.09. The lowest BCUT2D eigenvalue weighted by atomic mass is 10.0. The molecule has 0 aliphatic rings. The number of rotatable bonds is 6. The first-order valence-corrected chi connectivity index (χ1v) is 5.86. The molecule has 0 aliphatic carbocycles. The Morgan fingerprint density at radius 2 is 1.76 bits per heavy atom. The highest BCUT2D eigenvalue weighted by Gasteiger charge is 1.94. The van der Waals surface area contributed by atoms with Crippen LogP contribution in [0.25, 0.3) is 5.57 Å². The topological polar surface area (TPSA) is 0 Å². The minimum atomic E-state index is 0.960. The maximum absolute atomic E-state index is 4.06. The minimum Gasteiger partial charge on any atom is -0.103 e. The lowest BCUT2D eigenvalue weighted by Gasteiger charge is -2.02. The molecule has 1 rings (SSSR count). The summed E-state index contributed by atoms with van der Waals surface area (Å²) in [5.41, 5.74) is 4.55. The maximum Gasteiger partial charge on any atom is -0.0190 e. The fourth-order valence-electron chi connectivity index (χ4n) is 1.45. The average molecular weight is 224 g/mol. The van der Waals surface area contributed by atoms with Crippen molar-refractivity contribution in [1.29, 1.82) is 0 Å². The molecular weight excluding hydrogens is 204 g/mol. The van der Waals surface area contributed by atoms with E-state index in [0.717, 1.165) is 29.6 Å². The molecule has 0 saturated carbocycles. The van der Waals surface area contributed by atoms with E-state index in [-0.39, 0.29) is 0 Å². The Hall–Kier alpha value is -1.82. The van der Waals surface area contributed by atoms with E-state index in [1.165, 1.54) is 5.56 Å². The average Bonchev–Trinajstić information content (AvgIpc) is 2.34. The van der Waals surface area contributed by atoms with Gasteiger partial charge in [-0.2, -0.15) is 0 Å². The molecule has 0 N–H and O–H groups in total. The quantitative estimate of drug-likeness (QED) is 0.466. The molecule has 1 aromatic carbocycles. The Balaban J connectivity index is 2.59. The monoisotopic (exact) mass is 224 g/mol. The van der Waals surface area contributed by atoms with Crippen LogP contribution in [0.4, 0.5) is 0 Å². The third kappa shape index (κ3) is 4.69. The molecule has 0 bridgehead atoms. The fraction of sp³-hybridized carbons (Fsp3) is 0.176. The summed E-state index contributed by atoms with van der Waals surface area (Å²) in [6.45, 7) is 13.8. The van der Waals surface area contributed by atoms with Crippen LogP contribution in [0.15, 0.2) is 67.8 Å². The van der Waals surface area contributed by atoms with Crippen LogP contribution in [0.1, 0.15) is 24.0 Å². The Morgan fingerprint density at radius 1 is 1.12 bits per heavy atom. The molecule has 88 valence electrons. The summed E-state index contributed by atoms with van der Waals surface area (Å²) < 4.78 is 0. The number of hydrogen-bond donors (Lipinski definition) is 0. The Bertz CT molecular complexity index is 430. The van der Waals surface area contributed by atoms with Crippen LogP contribution in [0.5, 0.6) is 0 Å². The van der Waals surface area contributed by atoms with E-state index in [1.54, 1.807) is 0 Å². The lowest BCUT2D eigenvalue weighted by Crippen LogP contribution is -1.81. The number of benzene rings is 1. The molecule has 0 aliphatic heterocycles. The van der Waals surface area contributed by atoms with Gasteiger partial charge in [-0.15, -0.1) is 6.58 Å². The smallest absolute Gasteiger partial charge is 0.0190 e. The highest BCUT2D eigenvalue weighted by Crippen LogP contribution is 2.16. The molecule has 0 heteroatoms. The fourth-order valence-corrected chi connectivity index (χ4v) is 1.45. The molecule has 0 unspecified atom stereocenters. The van der Waals surface area contributed by atoms with Crippen LogP contribution in [0, 0.1) is 6.92 Å². The summed E-state index contributed by atoms with van der Waals surface area (Å²) in [6.07, 6.45) is 7.90. The van der Waals surface area contributed by atoms with E-state index in [2.05, 4.69) is 50.9 Å². The second-order valence-corrected chi connectivity index (χ2v) is 4.21. The predicted molar refractivity (Wildman–Crippen MR) is 77.9 cm³/mol. The van der Waals surface area contributed by atoms with Crippen LogP contribution < -0.4 is 0 Å².